The first-order valence-electron chi connectivity index (χ1n) is 10.2. The number of furan rings is 1. The monoisotopic (exact) mass is 420 g/mol. The summed E-state index contributed by atoms with van der Waals surface area (Å²) in [6.45, 7) is 9.73. The van der Waals surface area contributed by atoms with Crippen molar-refractivity contribution in [3.05, 3.63) is 52.9 Å². The van der Waals surface area contributed by atoms with Crippen molar-refractivity contribution in [3.63, 3.8) is 0 Å². The summed E-state index contributed by atoms with van der Waals surface area (Å²) in [5.41, 5.74) is 1.97. The minimum Gasteiger partial charge on any atom is -0.467 e. The van der Waals surface area contributed by atoms with E-state index in [4.69, 9.17) is 28.2 Å². The third-order valence-electron chi connectivity index (χ3n) is 5.66. The molecule has 2 aromatic rings. The molecule has 1 aromatic heterocycles. The molecule has 2 N–H and O–H groups in total. The van der Waals surface area contributed by atoms with E-state index in [0.29, 0.717) is 11.7 Å². The minimum absolute atomic E-state index is 0.671. The number of likely N-dealkylation sites (tertiary alicyclic amines) is 1. The van der Waals surface area contributed by atoms with Crippen LogP contribution in [0.1, 0.15) is 37.5 Å². The van der Waals surface area contributed by atoms with Crippen molar-refractivity contribution in [2.45, 2.75) is 39.7 Å². The van der Waals surface area contributed by atoms with Crippen LogP contribution in [-0.4, -0.2) is 36.2 Å². The maximum atomic E-state index is 6.26. The molecule has 1 aliphatic rings. The summed E-state index contributed by atoms with van der Waals surface area (Å²) in [6.07, 6.45) is 5.52. The molecule has 0 amide bonds. The van der Waals surface area contributed by atoms with Gasteiger partial charge in [0.2, 0.25) is 0 Å². The first-order valence-corrected chi connectivity index (χ1v) is 11.0. The number of halogens is 1. The molecular weight excluding hydrogens is 390 g/mol. The number of nitrogens with one attached hydrogen (secondary N) is 2. The molecule has 0 aliphatic carbocycles. The molecule has 1 aromatic carbocycles. The Morgan fingerprint density at radius 3 is 2.79 bits per heavy atom. The van der Waals surface area contributed by atoms with E-state index in [1.807, 2.05) is 37.3 Å². The van der Waals surface area contributed by atoms with Crippen molar-refractivity contribution < 1.29 is 9.32 Å². The van der Waals surface area contributed by atoms with E-state index in [0.717, 1.165) is 40.9 Å². The molecule has 0 bridgehead atoms. The van der Waals surface area contributed by atoms with Crippen LogP contribution in [0, 0.1) is 12.8 Å². The van der Waals surface area contributed by atoms with Crippen LogP contribution < -0.4 is 10.2 Å². The molecule has 0 atom stereocenters. The Kier molecular flexibility index (Phi) is 7.77. The van der Waals surface area contributed by atoms with Gasteiger partial charge in [0, 0.05) is 23.7 Å². The number of quaternary nitrogens is 1. The fraction of sp³-hybridized carbons (Fsp3) is 0.500. The summed E-state index contributed by atoms with van der Waals surface area (Å²) < 4.78 is 5.56. The average Bonchev–Trinajstić information content (AvgIpc) is 3.19. The Bertz CT molecular complexity index is 757. The van der Waals surface area contributed by atoms with Crippen molar-refractivity contribution >= 4 is 34.6 Å². The topological polar surface area (TPSA) is 32.9 Å². The number of anilines is 1. The predicted octanol–water partition coefficient (Wildman–Crippen LogP) is 4.15. The second kappa shape index (κ2) is 10.3. The second-order valence-corrected chi connectivity index (χ2v) is 8.67. The maximum absolute atomic E-state index is 6.26. The fourth-order valence-corrected chi connectivity index (χ4v) is 4.16. The van der Waals surface area contributed by atoms with E-state index in [9.17, 15) is 0 Å². The number of hydrogen-bond acceptors (Lipinski definition) is 2. The Balaban J connectivity index is 1.59. The Morgan fingerprint density at radius 1 is 1.29 bits per heavy atom. The Hall–Kier alpha value is -1.56. The maximum Gasteiger partial charge on any atom is 0.173 e. The highest BCUT2D eigenvalue weighted by Crippen LogP contribution is 2.23. The van der Waals surface area contributed by atoms with Gasteiger partial charge in [-0.25, -0.2) is 0 Å². The quantitative estimate of drug-likeness (QED) is 0.659. The van der Waals surface area contributed by atoms with Gasteiger partial charge in [-0.05, 0) is 67.7 Å². The van der Waals surface area contributed by atoms with Crippen molar-refractivity contribution in [2.75, 3.05) is 31.5 Å². The first kappa shape index (κ1) is 21.2. The number of nitrogens with zero attached hydrogens (tertiary/aromatic N) is 1. The zero-order valence-corrected chi connectivity index (χ0v) is 18.4. The highest BCUT2D eigenvalue weighted by atomic mass is 35.5. The molecule has 28 heavy (non-hydrogen) atoms. The van der Waals surface area contributed by atoms with Crippen LogP contribution in [0.25, 0.3) is 0 Å². The van der Waals surface area contributed by atoms with Gasteiger partial charge in [0.25, 0.3) is 0 Å². The van der Waals surface area contributed by atoms with Crippen LogP contribution in [0.3, 0.4) is 0 Å². The molecule has 6 heteroatoms. The van der Waals surface area contributed by atoms with E-state index in [2.05, 4.69) is 17.1 Å². The summed E-state index contributed by atoms with van der Waals surface area (Å²) in [7, 11) is 0. The van der Waals surface area contributed by atoms with Gasteiger partial charge in [0.1, 0.15) is 5.76 Å². The first-order chi connectivity index (χ1) is 13.5. The van der Waals surface area contributed by atoms with Crippen molar-refractivity contribution in [1.82, 2.24) is 4.90 Å². The van der Waals surface area contributed by atoms with Crippen molar-refractivity contribution in [1.29, 1.82) is 0 Å². The SMILES string of the molecule is Cc1c(Cl)cccc1NC(=S)N(CCC[NH+]1CCC(C)CC1)Cc1ccco1. The molecule has 1 fully saturated rings. The lowest BCUT2D eigenvalue weighted by Gasteiger charge is -2.29. The molecular formula is C22H31ClN3OS+. The molecule has 0 radical (unpaired) electrons. The molecule has 152 valence electrons. The molecule has 1 aliphatic heterocycles. The fourth-order valence-electron chi connectivity index (χ4n) is 3.72. The Morgan fingerprint density at radius 2 is 2.07 bits per heavy atom. The molecule has 4 nitrogen and oxygen atoms in total. The standard InChI is InChI=1S/C22H30ClN3OS/c1-17-9-13-25(14-10-17)11-5-12-26(16-19-6-4-15-27-19)22(28)24-21-8-3-7-20(23)18(21)2/h3-4,6-8,15,17H,5,9-14,16H2,1-2H3,(H,24,28)/p+1. The third-order valence-corrected chi connectivity index (χ3v) is 6.43. The van der Waals surface area contributed by atoms with Gasteiger partial charge in [-0.3, -0.25) is 0 Å². The van der Waals surface area contributed by atoms with Crippen LogP contribution in [-0.2, 0) is 6.54 Å². The number of rotatable bonds is 7. The molecule has 3 rings (SSSR count). The van der Waals surface area contributed by atoms with E-state index < -0.39 is 0 Å². The van der Waals surface area contributed by atoms with Crippen LogP contribution >= 0.6 is 23.8 Å². The van der Waals surface area contributed by atoms with Crippen LogP contribution in [0.5, 0.6) is 0 Å². The number of hydrogen-bond donors (Lipinski definition) is 2. The van der Waals surface area contributed by atoms with Crippen molar-refractivity contribution in [3.8, 4) is 0 Å². The van der Waals surface area contributed by atoms with E-state index >= 15 is 0 Å². The summed E-state index contributed by atoms with van der Waals surface area (Å²) in [5, 5.41) is 4.84. The molecule has 0 spiro atoms. The van der Waals surface area contributed by atoms with Crippen LogP contribution in [0.2, 0.25) is 5.02 Å². The molecule has 1 saturated heterocycles. The summed E-state index contributed by atoms with van der Waals surface area (Å²) >= 11 is 12.0. The second-order valence-electron chi connectivity index (χ2n) is 7.88. The lowest BCUT2D eigenvalue weighted by molar-refractivity contribution is -0.906. The van der Waals surface area contributed by atoms with Crippen molar-refractivity contribution in [2.24, 2.45) is 5.92 Å². The van der Waals surface area contributed by atoms with E-state index in [1.54, 1.807) is 11.2 Å². The zero-order valence-electron chi connectivity index (χ0n) is 16.8. The normalized spacial score (nSPS) is 19.4. The summed E-state index contributed by atoms with van der Waals surface area (Å²) in [4.78, 5) is 3.92. The summed E-state index contributed by atoms with van der Waals surface area (Å²) in [6, 6.07) is 9.77. The van der Waals surface area contributed by atoms with E-state index in [-0.39, 0.29) is 0 Å². The zero-order chi connectivity index (χ0) is 19.9. The molecule has 2 heterocycles. The van der Waals surface area contributed by atoms with Crippen LogP contribution in [0.15, 0.2) is 41.0 Å². The molecule has 0 unspecified atom stereocenters. The average molecular weight is 421 g/mol. The number of thiocarbonyl (C=S) groups is 1. The lowest BCUT2D eigenvalue weighted by Crippen LogP contribution is -3.13. The number of piperidine rings is 1. The highest BCUT2D eigenvalue weighted by Gasteiger charge is 2.19. The van der Waals surface area contributed by atoms with Gasteiger partial charge < -0.3 is 19.5 Å². The van der Waals surface area contributed by atoms with Crippen LogP contribution in [0.4, 0.5) is 5.69 Å². The largest absolute Gasteiger partial charge is 0.467 e. The Labute approximate surface area is 178 Å². The van der Waals surface area contributed by atoms with Gasteiger partial charge in [-0.15, -0.1) is 0 Å². The van der Waals surface area contributed by atoms with Gasteiger partial charge in [-0.1, -0.05) is 24.6 Å². The summed E-state index contributed by atoms with van der Waals surface area (Å²) in [5.74, 6) is 1.81. The van der Waals surface area contributed by atoms with Gasteiger partial charge in [-0.2, -0.15) is 0 Å². The molecule has 0 saturated carbocycles. The minimum atomic E-state index is 0.671. The third kappa shape index (κ3) is 5.97. The highest BCUT2D eigenvalue weighted by molar-refractivity contribution is 7.80. The van der Waals surface area contributed by atoms with E-state index in [1.165, 1.54) is 32.5 Å². The van der Waals surface area contributed by atoms with Gasteiger partial charge in [0.05, 0.1) is 32.4 Å². The number of benzene rings is 1. The van der Waals surface area contributed by atoms with Gasteiger partial charge in [0.15, 0.2) is 5.11 Å². The lowest BCUT2D eigenvalue weighted by atomic mass is 9.99. The van der Waals surface area contributed by atoms with Gasteiger partial charge >= 0.3 is 0 Å². The predicted molar refractivity (Wildman–Crippen MR) is 120 cm³/mol. The smallest absolute Gasteiger partial charge is 0.173 e.